The van der Waals surface area contributed by atoms with Gasteiger partial charge in [-0.1, -0.05) is 25.1 Å². The van der Waals surface area contributed by atoms with Crippen LogP contribution in [0.1, 0.15) is 19.8 Å². The molecule has 0 saturated carbocycles. The quantitative estimate of drug-likeness (QED) is 0.784. The Morgan fingerprint density at radius 1 is 1.44 bits per heavy atom. The van der Waals surface area contributed by atoms with Crippen LogP contribution in [0.25, 0.3) is 0 Å². The third kappa shape index (κ3) is 3.05. The molecular weight excluding hydrogens is 226 g/mol. The van der Waals surface area contributed by atoms with Crippen molar-refractivity contribution in [2.75, 3.05) is 13.2 Å². The zero-order chi connectivity index (χ0) is 12.8. The Bertz CT molecular complexity index is 392. The van der Waals surface area contributed by atoms with Gasteiger partial charge in [0.2, 0.25) is 0 Å². The largest absolute Gasteiger partial charge is 0.486 e. The lowest BCUT2D eigenvalue weighted by Gasteiger charge is -2.32. The van der Waals surface area contributed by atoms with Crippen LogP contribution in [0.5, 0.6) is 11.5 Å². The van der Waals surface area contributed by atoms with E-state index in [2.05, 4.69) is 18.8 Å². The Labute approximate surface area is 109 Å². The van der Waals surface area contributed by atoms with Crippen LogP contribution >= 0.6 is 0 Å². The van der Waals surface area contributed by atoms with Gasteiger partial charge < -0.3 is 14.8 Å². The molecule has 18 heavy (non-hydrogen) atoms. The van der Waals surface area contributed by atoms with Gasteiger partial charge in [0.15, 0.2) is 11.5 Å². The number of para-hydroxylation sites is 2. The van der Waals surface area contributed by atoms with E-state index in [-0.39, 0.29) is 12.1 Å². The lowest BCUT2D eigenvalue weighted by molar-refractivity contribution is 0.0627. The van der Waals surface area contributed by atoms with Gasteiger partial charge in [0.05, 0.1) is 6.04 Å². The SMILES string of the molecule is C=CCC(NCCC)C1COc2ccccc2O1. The molecule has 2 atom stereocenters. The van der Waals surface area contributed by atoms with E-state index < -0.39 is 0 Å². The molecule has 1 aliphatic rings. The number of ether oxygens (including phenoxy) is 2. The molecule has 1 aromatic rings. The second-order valence-electron chi connectivity index (χ2n) is 4.50. The smallest absolute Gasteiger partial charge is 0.161 e. The molecule has 2 unspecified atom stereocenters. The summed E-state index contributed by atoms with van der Waals surface area (Å²) in [6, 6.07) is 8.07. The Morgan fingerprint density at radius 3 is 2.94 bits per heavy atom. The van der Waals surface area contributed by atoms with Crippen molar-refractivity contribution in [2.45, 2.75) is 31.9 Å². The fourth-order valence-electron chi connectivity index (χ4n) is 2.11. The zero-order valence-corrected chi connectivity index (χ0v) is 10.9. The molecule has 0 saturated heterocycles. The molecule has 3 nitrogen and oxygen atoms in total. The second-order valence-corrected chi connectivity index (χ2v) is 4.50. The van der Waals surface area contributed by atoms with Gasteiger partial charge in [-0.25, -0.2) is 0 Å². The molecule has 0 fully saturated rings. The summed E-state index contributed by atoms with van der Waals surface area (Å²) in [5, 5.41) is 3.49. The lowest BCUT2D eigenvalue weighted by atomic mass is 10.1. The van der Waals surface area contributed by atoms with E-state index in [4.69, 9.17) is 9.47 Å². The van der Waals surface area contributed by atoms with E-state index in [9.17, 15) is 0 Å². The maximum atomic E-state index is 6.01. The van der Waals surface area contributed by atoms with Gasteiger partial charge in [0, 0.05) is 0 Å². The van der Waals surface area contributed by atoms with Crippen molar-refractivity contribution >= 4 is 0 Å². The minimum absolute atomic E-state index is 0.0458. The summed E-state index contributed by atoms with van der Waals surface area (Å²) < 4.78 is 11.8. The number of rotatable bonds is 6. The van der Waals surface area contributed by atoms with Gasteiger partial charge in [-0.3, -0.25) is 0 Å². The highest BCUT2D eigenvalue weighted by Gasteiger charge is 2.27. The predicted octanol–water partition coefficient (Wildman–Crippen LogP) is 2.77. The topological polar surface area (TPSA) is 30.5 Å². The third-order valence-corrected chi connectivity index (χ3v) is 3.06. The first-order chi connectivity index (χ1) is 8.85. The minimum Gasteiger partial charge on any atom is -0.486 e. The maximum Gasteiger partial charge on any atom is 0.161 e. The normalized spacial score (nSPS) is 19.3. The van der Waals surface area contributed by atoms with Crippen LogP contribution in [0.3, 0.4) is 0 Å². The molecule has 1 heterocycles. The van der Waals surface area contributed by atoms with E-state index in [1.807, 2.05) is 30.3 Å². The Balaban J connectivity index is 2.02. The highest BCUT2D eigenvalue weighted by Crippen LogP contribution is 2.31. The van der Waals surface area contributed by atoms with Crippen molar-refractivity contribution in [1.29, 1.82) is 0 Å². The number of nitrogens with one attached hydrogen (secondary N) is 1. The van der Waals surface area contributed by atoms with Gasteiger partial charge >= 0.3 is 0 Å². The summed E-state index contributed by atoms with van der Waals surface area (Å²) in [5.74, 6) is 1.67. The molecule has 0 radical (unpaired) electrons. The fourth-order valence-corrected chi connectivity index (χ4v) is 2.11. The second kappa shape index (κ2) is 6.45. The maximum absolute atomic E-state index is 6.01. The van der Waals surface area contributed by atoms with Crippen LogP contribution in [0.2, 0.25) is 0 Å². The molecule has 0 bridgehead atoms. The first kappa shape index (κ1) is 13.0. The molecule has 0 aromatic heterocycles. The van der Waals surface area contributed by atoms with Crippen LogP contribution in [-0.2, 0) is 0 Å². The fraction of sp³-hybridized carbons (Fsp3) is 0.467. The van der Waals surface area contributed by atoms with Gasteiger partial charge in [-0.2, -0.15) is 0 Å². The average molecular weight is 247 g/mol. The van der Waals surface area contributed by atoms with Crippen LogP contribution in [0, 0.1) is 0 Å². The summed E-state index contributed by atoms with van der Waals surface area (Å²) in [7, 11) is 0. The average Bonchev–Trinajstić information content (AvgIpc) is 2.43. The summed E-state index contributed by atoms with van der Waals surface area (Å²) in [6.45, 7) is 7.55. The zero-order valence-electron chi connectivity index (χ0n) is 10.9. The first-order valence-corrected chi connectivity index (χ1v) is 6.58. The van der Waals surface area contributed by atoms with E-state index in [0.717, 1.165) is 30.9 Å². The Morgan fingerprint density at radius 2 is 2.22 bits per heavy atom. The summed E-state index contributed by atoms with van der Waals surface area (Å²) in [4.78, 5) is 0. The number of benzene rings is 1. The van der Waals surface area contributed by atoms with E-state index in [0.29, 0.717) is 6.61 Å². The molecule has 2 rings (SSSR count). The van der Waals surface area contributed by atoms with E-state index in [1.165, 1.54) is 0 Å². The van der Waals surface area contributed by atoms with Gasteiger partial charge in [0.1, 0.15) is 12.7 Å². The van der Waals surface area contributed by atoms with Gasteiger partial charge in [-0.15, -0.1) is 6.58 Å². The van der Waals surface area contributed by atoms with Crippen LogP contribution in [0.15, 0.2) is 36.9 Å². The standard InChI is InChI=1S/C15H21NO2/c1-3-7-12(16-10-4-2)15-11-17-13-8-5-6-9-14(13)18-15/h3,5-6,8-9,12,15-16H,1,4,7,10-11H2,2H3. The minimum atomic E-state index is 0.0458. The molecule has 1 aliphatic heterocycles. The van der Waals surface area contributed by atoms with Gasteiger partial charge in [-0.05, 0) is 31.5 Å². The number of fused-ring (bicyclic) bond motifs is 1. The van der Waals surface area contributed by atoms with Crippen LogP contribution in [-0.4, -0.2) is 25.3 Å². The predicted molar refractivity (Wildman–Crippen MR) is 73.2 cm³/mol. The molecule has 0 aliphatic carbocycles. The summed E-state index contributed by atoms with van der Waals surface area (Å²) in [5.41, 5.74) is 0. The van der Waals surface area contributed by atoms with E-state index >= 15 is 0 Å². The van der Waals surface area contributed by atoms with Crippen molar-refractivity contribution in [3.63, 3.8) is 0 Å². The molecule has 1 aromatic carbocycles. The highest BCUT2D eigenvalue weighted by atomic mass is 16.6. The monoisotopic (exact) mass is 247 g/mol. The third-order valence-electron chi connectivity index (χ3n) is 3.06. The van der Waals surface area contributed by atoms with Crippen molar-refractivity contribution in [2.24, 2.45) is 0 Å². The van der Waals surface area contributed by atoms with Crippen LogP contribution in [0.4, 0.5) is 0 Å². The van der Waals surface area contributed by atoms with Crippen molar-refractivity contribution in [3.8, 4) is 11.5 Å². The van der Waals surface area contributed by atoms with Crippen molar-refractivity contribution in [1.82, 2.24) is 5.32 Å². The number of hydrogen-bond donors (Lipinski definition) is 1. The van der Waals surface area contributed by atoms with Crippen molar-refractivity contribution < 1.29 is 9.47 Å². The molecule has 0 amide bonds. The summed E-state index contributed by atoms with van der Waals surface area (Å²) in [6.07, 6.45) is 3.97. The first-order valence-electron chi connectivity index (χ1n) is 6.58. The Kier molecular flexibility index (Phi) is 4.65. The van der Waals surface area contributed by atoms with Gasteiger partial charge in [0.25, 0.3) is 0 Å². The molecule has 1 N–H and O–H groups in total. The molecule has 0 spiro atoms. The highest BCUT2D eigenvalue weighted by molar-refractivity contribution is 5.40. The molecular formula is C15H21NO2. The van der Waals surface area contributed by atoms with E-state index in [1.54, 1.807) is 0 Å². The Hall–Kier alpha value is -1.48. The molecule has 98 valence electrons. The number of hydrogen-bond acceptors (Lipinski definition) is 3. The van der Waals surface area contributed by atoms with Crippen molar-refractivity contribution in [3.05, 3.63) is 36.9 Å². The van der Waals surface area contributed by atoms with Crippen LogP contribution < -0.4 is 14.8 Å². The molecule has 3 heteroatoms. The lowest BCUT2D eigenvalue weighted by Crippen LogP contribution is -2.47. The summed E-state index contributed by atoms with van der Waals surface area (Å²) >= 11 is 0.